The number of hydrogen-bond donors (Lipinski definition) is 3. The number of ketones is 1. The first kappa shape index (κ1) is 24.6. The topological polar surface area (TPSA) is 133 Å². The van der Waals surface area contributed by atoms with E-state index in [0.717, 1.165) is 0 Å². The van der Waals surface area contributed by atoms with E-state index in [2.05, 4.69) is 17.2 Å². The number of alkyl halides is 2. The van der Waals surface area contributed by atoms with Gasteiger partial charge < -0.3 is 25.4 Å². The summed E-state index contributed by atoms with van der Waals surface area (Å²) in [7, 11) is 0. The highest BCUT2D eigenvalue weighted by atomic mass is 19.3. The number of aliphatic carboxylic acids is 1. The summed E-state index contributed by atoms with van der Waals surface area (Å²) < 4.78 is 28.1. The number of aldehydes is 1. The van der Waals surface area contributed by atoms with Gasteiger partial charge in [-0.05, 0) is 6.92 Å². The van der Waals surface area contributed by atoms with E-state index in [4.69, 9.17) is 5.11 Å². The summed E-state index contributed by atoms with van der Waals surface area (Å²) in [4.78, 5) is 60.0. The minimum atomic E-state index is -3.36. The lowest BCUT2D eigenvalue weighted by Gasteiger charge is -2.27. The van der Waals surface area contributed by atoms with Crippen molar-refractivity contribution in [1.82, 2.24) is 15.5 Å². The van der Waals surface area contributed by atoms with E-state index in [0.29, 0.717) is 10.5 Å². The highest BCUT2D eigenvalue weighted by Crippen LogP contribution is 2.32. The minimum Gasteiger partial charge on any atom is -0.481 e. The fraction of sp³-hybridized carbons (Fsp3) is 0.381. The molecule has 0 aliphatic carbocycles. The fourth-order valence-electron chi connectivity index (χ4n) is 3.28. The zero-order valence-corrected chi connectivity index (χ0v) is 17.2. The smallest absolute Gasteiger partial charge is 0.305 e. The molecule has 0 radical (unpaired) electrons. The van der Waals surface area contributed by atoms with Gasteiger partial charge in [0.1, 0.15) is 18.4 Å². The third-order valence-corrected chi connectivity index (χ3v) is 4.81. The van der Waals surface area contributed by atoms with Crippen LogP contribution in [0.3, 0.4) is 0 Å². The first-order valence-corrected chi connectivity index (χ1v) is 9.66. The van der Waals surface area contributed by atoms with Crippen LogP contribution in [-0.4, -0.2) is 70.5 Å². The normalized spacial score (nSPS) is 18.8. The molecule has 2 amide bonds. The summed E-state index contributed by atoms with van der Waals surface area (Å²) in [5.41, 5.74) is 0.180. The molecule has 3 N–H and O–H groups in total. The van der Waals surface area contributed by atoms with E-state index in [1.54, 1.807) is 30.3 Å². The van der Waals surface area contributed by atoms with E-state index in [-0.39, 0.29) is 12.0 Å². The van der Waals surface area contributed by atoms with Crippen molar-refractivity contribution in [3.63, 3.8) is 0 Å². The lowest BCUT2D eigenvalue weighted by Crippen LogP contribution is -2.53. The summed E-state index contributed by atoms with van der Waals surface area (Å²) in [6.07, 6.45) is -1.54. The molecular weight excluding hydrogens is 428 g/mol. The Morgan fingerprint density at radius 1 is 1.25 bits per heavy atom. The molecule has 1 aliphatic heterocycles. The van der Waals surface area contributed by atoms with Gasteiger partial charge in [0.25, 0.3) is 5.92 Å². The van der Waals surface area contributed by atoms with Gasteiger partial charge in [0.15, 0.2) is 0 Å². The van der Waals surface area contributed by atoms with Gasteiger partial charge >= 0.3 is 5.97 Å². The summed E-state index contributed by atoms with van der Waals surface area (Å²) in [5.74, 6) is -7.18. The molecule has 1 fully saturated rings. The first-order valence-electron chi connectivity index (χ1n) is 9.66. The second-order valence-electron chi connectivity index (χ2n) is 7.43. The fourth-order valence-corrected chi connectivity index (χ4v) is 3.28. The molecule has 0 unspecified atom stereocenters. The van der Waals surface area contributed by atoms with Crippen molar-refractivity contribution in [2.75, 3.05) is 6.54 Å². The molecule has 0 aromatic heterocycles. The number of hydrogen-bond acceptors (Lipinski definition) is 6. The number of nitrogens with zero attached hydrogens (tertiary/aromatic N) is 1. The molecule has 1 saturated heterocycles. The van der Waals surface area contributed by atoms with Gasteiger partial charge in [-0.1, -0.05) is 36.9 Å². The molecule has 32 heavy (non-hydrogen) atoms. The van der Waals surface area contributed by atoms with Crippen LogP contribution in [0.2, 0.25) is 0 Å². The van der Waals surface area contributed by atoms with Crippen LogP contribution >= 0.6 is 0 Å². The number of carbonyl (C=O) groups excluding carboxylic acids is 4. The van der Waals surface area contributed by atoms with Crippen LogP contribution in [0.1, 0.15) is 30.1 Å². The molecule has 0 bridgehead atoms. The highest BCUT2D eigenvalue weighted by Gasteiger charge is 2.50. The predicted octanol–water partition coefficient (Wildman–Crippen LogP) is 0.756. The zero-order valence-electron chi connectivity index (χ0n) is 17.2. The Kier molecular flexibility index (Phi) is 7.79. The first-order chi connectivity index (χ1) is 14.9. The number of halogens is 2. The average Bonchev–Trinajstić information content (AvgIpc) is 3.07. The molecule has 11 heteroatoms. The number of allylic oxidation sites excluding steroid dienone is 1. The van der Waals surface area contributed by atoms with Crippen LogP contribution in [0.5, 0.6) is 0 Å². The number of carboxylic acid groups (broad SMARTS) is 1. The maximum atomic E-state index is 14.0. The number of likely N-dealkylation sites (tertiary alicyclic amines) is 1. The summed E-state index contributed by atoms with van der Waals surface area (Å²) in [5, 5.41) is 13.4. The quantitative estimate of drug-likeness (QED) is 0.272. The predicted molar refractivity (Wildman–Crippen MR) is 108 cm³/mol. The van der Waals surface area contributed by atoms with Gasteiger partial charge in [-0.3, -0.25) is 19.2 Å². The second-order valence-corrected chi connectivity index (χ2v) is 7.43. The van der Waals surface area contributed by atoms with Crippen LogP contribution in [0.25, 0.3) is 0 Å². The van der Waals surface area contributed by atoms with Crippen molar-refractivity contribution in [1.29, 1.82) is 0 Å². The molecular formula is C21H23F2N3O6. The number of Topliss-reactive ketones (excluding diaryl/α,β-unsaturated/α-hetero) is 1. The SMILES string of the molecule is C=C(N[C@@H](C)C(=O)N1CC(F)(F)C[C@H]1C(=O)N[C@H](C=O)CC(=O)O)C(=O)c1ccccc1. The van der Waals surface area contributed by atoms with Crippen molar-refractivity contribution in [3.05, 3.63) is 48.2 Å². The van der Waals surface area contributed by atoms with Crippen LogP contribution < -0.4 is 10.6 Å². The van der Waals surface area contributed by atoms with Gasteiger partial charge in [0.2, 0.25) is 17.6 Å². The maximum Gasteiger partial charge on any atom is 0.305 e. The number of rotatable bonds is 10. The molecule has 0 saturated carbocycles. The van der Waals surface area contributed by atoms with Gasteiger partial charge in [0, 0.05) is 12.0 Å². The van der Waals surface area contributed by atoms with E-state index in [1.807, 2.05) is 0 Å². The minimum absolute atomic E-state index is 0.133. The number of amides is 2. The standard InChI is InChI=1S/C21H23F2N3O6/c1-12(18(30)14-6-4-3-5-7-14)24-13(2)20(32)26-11-21(22,23)9-16(26)19(31)25-15(10-27)8-17(28)29/h3-7,10,13,15-16,24H,1,8-9,11H2,2H3,(H,25,31)(H,28,29)/t13-,15-,16-/m0/s1. The van der Waals surface area contributed by atoms with Gasteiger partial charge in [0.05, 0.1) is 24.7 Å². The molecule has 1 aliphatic rings. The van der Waals surface area contributed by atoms with Crippen molar-refractivity contribution >= 4 is 29.9 Å². The van der Waals surface area contributed by atoms with Crippen LogP contribution in [0.15, 0.2) is 42.6 Å². The Hall–Kier alpha value is -3.63. The Morgan fingerprint density at radius 3 is 2.44 bits per heavy atom. The van der Waals surface area contributed by atoms with Crippen LogP contribution in [0.4, 0.5) is 8.78 Å². The van der Waals surface area contributed by atoms with Crippen molar-refractivity contribution in [3.8, 4) is 0 Å². The summed E-state index contributed by atoms with van der Waals surface area (Å²) in [6.45, 7) is 3.87. The van der Waals surface area contributed by atoms with Crippen molar-refractivity contribution in [2.45, 2.75) is 43.8 Å². The largest absolute Gasteiger partial charge is 0.481 e. The van der Waals surface area contributed by atoms with Crippen molar-refractivity contribution < 1.29 is 37.9 Å². The number of carboxylic acids is 1. The maximum absolute atomic E-state index is 14.0. The molecule has 0 spiro atoms. The Morgan fingerprint density at radius 2 is 1.88 bits per heavy atom. The molecule has 1 heterocycles. The second kappa shape index (κ2) is 10.1. The number of nitrogens with one attached hydrogen (secondary N) is 2. The summed E-state index contributed by atoms with van der Waals surface area (Å²) >= 11 is 0. The third kappa shape index (κ3) is 6.19. The van der Waals surface area contributed by atoms with Crippen LogP contribution in [-0.2, 0) is 19.2 Å². The van der Waals surface area contributed by atoms with Gasteiger partial charge in [-0.2, -0.15) is 0 Å². The average molecular weight is 451 g/mol. The Labute approximate surface area is 182 Å². The van der Waals surface area contributed by atoms with Gasteiger partial charge in [-0.15, -0.1) is 0 Å². The molecule has 1 aromatic carbocycles. The van der Waals surface area contributed by atoms with E-state index >= 15 is 0 Å². The third-order valence-electron chi connectivity index (χ3n) is 4.81. The molecule has 172 valence electrons. The molecule has 9 nitrogen and oxygen atoms in total. The zero-order chi connectivity index (χ0) is 24.1. The van der Waals surface area contributed by atoms with Crippen molar-refractivity contribution in [2.24, 2.45) is 0 Å². The van der Waals surface area contributed by atoms with E-state index in [1.165, 1.54) is 6.92 Å². The van der Waals surface area contributed by atoms with E-state index in [9.17, 15) is 32.8 Å². The highest BCUT2D eigenvalue weighted by molar-refractivity contribution is 6.08. The van der Waals surface area contributed by atoms with Crippen LogP contribution in [0, 0.1) is 0 Å². The Balaban J connectivity index is 2.10. The lowest BCUT2D eigenvalue weighted by atomic mass is 10.1. The summed E-state index contributed by atoms with van der Waals surface area (Å²) in [6, 6.07) is 3.88. The number of carbonyl (C=O) groups is 5. The Bertz CT molecular complexity index is 921. The molecule has 3 atom stereocenters. The van der Waals surface area contributed by atoms with E-state index < -0.39 is 67.0 Å². The number of benzene rings is 1. The molecule has 2 rings (SSSR count). The molecule has 1 aromatic rings. The monoisotopic (exact) mass is 451 g/mol. The lowest BCUT2D eigenvalue weighted by molar-refractivity contribution is -0.142. The van der Waals surface area contributed by atoms with Gasteiger partial charge in [-0.25, -0.2) is 8.78 Å².